The Balaban J connectivity index is 1.69. The molecule has 0 heterocycles. The highest BCUT2D eigenvalue weighted by atomic mass is 16.2. The van der Waals surface area contributed by atoms with Crippen LogP contribution in [0.3, 0.4) is 0 Å². The maximum atomic E-state index is 11.9. The first-order valence-corrected chi connectivity index (χ1v) is 6.44. The maximum Gasteiger partial charge on any atom is 0.269 e. The van der Waals surface area contributed by atoms with Crippen LogP contribution in [-0.4, -0.2) is 5.91 Å². The lowest BCUT2D eigenvalue weighted by Gasteiger charge is -2.10. The number of allylic oxidation sites excluding steroid dienone is 1. The van der Waals surface area contributed by atoms with Crippen molar-refractivity contribution in [3.05, 3.63) is 77.0 Å². The lowest BCUT2D eigenvalue weighted by atomic mass is 10.1. The first-order chi connectivity index (χ1) is 9.75. The second-order valence-corrected chi connectivity index (χ2v) is 4.67. The lowest BCUT2D eigenvalue weighted by Crippen LogP contribution is -2.37. The van der Waals surface area contributed by atoms with Gasteiger partial charge in [-0.05, 0) is 17.7 Å². The topological polar surface area (TPSA) is 67.2 Å². The molecule has 3 rings (SSSR count). The predicted molar refractivity (Wildman–Crippen MR) is 78.3 cm³/mol. The third kappa shape index (κ3) is 2.23. The monoisotopic (exact) mass is 265 g/mol. The van der Waals surface area contributed by atoms with Crippen molar-refractivity contribution in [2.75, 3.05) is 0 Å². The number of fused-ring (bicyclic) bond motifs is 1. The molecule has 0 radical (unpaired) electrons. The van der Waals surface area contributed by atoms with Crippen molar-refractivity contribution in [3.8, 4) is 0 Å². The number of nitrogens with two attached hydrogens (primary N) is 1. The summed E-state index contributed by atoms with van der Waals surface area (Å²) in [4.78, 5) is 11.9. The van der Waals surface area contributed by atoms with Gasteiger partial charge in [-0.1, -0.05) is 42.5 Å². The van der Waals surface area contributed by atoms with Gasteiger partial charge in [0.1, 0.15) is 0 Å². The number of carbonyl (C=O) groups is 1. The van der Waals surface area contributed by atoms with E-state index in [1.165, 1.54) is 5.56 Å². The molecule has 100 valence electrons. The van der Waals surface area contributed by atoms with E-state index in [-0.39, 0.29) is 5.91 Å². The van der Waals surface area contributed by atoms with Gasteiger partial charge in [-0.15, -0.1) is 0 Å². The van der Waals surface area contributed by atoms with E-state index < -0.39 is 0 Å². The molecule has 0 atom stereocenters. The van der Waals surface area contributed by atoms with E-state index >= 15 is 0 Å². The molecule has 0 saturated heterocycles. The largest absolute Gasteiger partial charge is 0.397 e. The number of hydrazine groups is 1. The molecule has 0 saturated carbocycles. The molecule has 1 amide bonds. The molecule has 4 nitrogen and oxygen atoms in total. The van der Waals surface area contributed by atoms with Crippen LogP contribution in [0.2, 0.25) is 0 Å². The van der Waals surface area contributed by atoms with E-state index in [4.69, 9.17) is 5.73 Å². The van der Waals surface area contributed by atoms with Crippen molar-refractivity contribution < 1.29 is 4.79 Å². The molecule has 2 aromatic rings. The number of amides is 1. The molecule has 0 spiro atoms. The van der Waals surface area contributed by atoms with Crippen LogP contribution in [0.4, 0.5) is 0 Å². The summed E-state index contributed by atoms with van der Waals surface area (Å²) >= 11 is 0. The number of hydrogen-bond donors (Lipinski definition) is 3. The number of hydrogen-bond acceptors (Lipinski definition) is 3. The summed E-state index contributed by atoms with van der Waals surface area (Å²) in [6, 6.07) is 17.0. The van der Waals surface area contributed by atoms with E-state index in [9.17, 15) is 4.79 Å². The fourth-order valence-electron chi connectivity index (χ4n) is 2.29. The average Bonchev–Trinajstić information content (AvgIpc) is 2.83. The summed E-state index contributed by atoms with van der Waals surface area (Å²) in [6.07, 6.45) is 0.705. The van der Waals surface area contributed by atoms with E-state index in [1.807, 2.05) is 42.5 Å². The first kappa shape index (κ1) is 12.3. The van der Waals surface area contributed by atoms with Gasteiger partial charge in [0, 0.05) is 17.5 Å². The van der Waals surface area contributed by atoms with E-state index in [2.05, 4.69) is 10.9 Å². The van der Waals surface area contributed by atoms with Crippen molar-refractivity contribution in [1.82, 2.24) is 10.9 Å². The number of carbonyl (C=O) groups excluding carboxylic acids is 1. The van der Waals surface area contributed by atoms with Crippen molar-refractivity contribution in [2.24, 2.45) is 5.73 Å². The Morgan fingerprint density at radius 2 is 1.70 bits per heavy atom. The van der Waals surface area contributed by atoms with Gasteiger partial charge < -0.3 is 11.2 Å². The number of benzene rings is 2. The van der Waals surface area contributed by atoms with Crippen LogP contribution in [0.1, 0.15) is 21.5 Å². The van der Waals surface area contributed by atoms with E-state index in [1.54, 1.807) is 12.1 Å². The predicted octanol–water partition coefficient (Wildman–Crippen LogP) is 1.80. The average molecular weight is 265 g/mol. The summed E-state index contributed by atoms with van der Waals surface area (Å²) in [6.45, 7) is 0. The van der Waals surface area contributed by atoms with Gasteiger partial charge in [0.15, 0.2) is 0 Å². The fraction of sp³-hybridized carbons (Fsp3) is 0.0625. The first-order valence-electron chi connectivity index (χ1n) is 6.44. The second-order valence-electron chi connectivity index (χ2n) is 4.67. The van der Waals surface area contributed by atoms with Crippen LogP contribution in [-0.2, 0) is 6.42 Å². The van der Waals surface area contributed by atoms with Crippen molar-refractivity contribution in [2.45, 2.75) is 6.42 Å². The van der Waals surface area contributed by atoms with E-state index in [0.717, 1.165) is 11.3 Å². The Hall–Kier alpha value is -2.75. The second kappa shape index (κ2) is 5.09. The highest BCUT2D eigenvalue weighted by Gasteiger charge is 2.19. The van der Waals surface area contributed by atoms with Crippen LogP contribution >= 0.6 is 0 Å². The zero-order valence-corrected chi connectivity index (χ0v) is 10.9. The summed E-state index contributed by atoms with van der Waals surface area (Å²) in [5.41, 5.74) is 16.0. The minimum atomic E-state index is -0.179. The van der Waals surface area contributed by atoms with Gasteiger partial charge in [-0.3, -0.25) is 10.2 Å². The van der Waals surface area contributed by atoms with Gasteiger partial charge in [0.25, 0.3) is 5.91 Å². The Bertz CT molecular complexity index is 677. The number of nitrogens with one attached hydrogen (secondary N) is 2. The fourth-order valence-corrected chi connectivity index (χ4v) is 2.29. The standard InChI is InChI=1S/C16H15N3O/c17-15-13-9-5-4-8-12(13)10-14(15)18-19-16(20)11-6-2-1-3-7-11/h1-9,18H,10,17H2,(H,19,20). The Kier molecular flexibility index (Phi) is 3.13. The molecule has 0 aliphatic heterocycles. The Labute approximate surface area is 117 Å². The molecule has 4 N–H and O–H groups in total. The molecular weight excluding hydrogens is 250 g/mol. The smallest absolute Gasteiger partial charge is 0.269 e. The molecular formula is C16H15N3O. The minimum Gasteiger partial charge on any atom is -0.397 e. The third-order valence-corrected chi connectivity index (χ3v) is 3.36. The minimum absolute atomic E-state index is 0.179. The van der Waals surface area contributed by atoms with Crippen LogP contribution < -0.4 is 16.6 Å². The zero-order chi connectivity index (χ0) is 13.9. The van der Waals surface area contributed by atoms with Crippen LogP contribution in [0.15, 0.2) is 60.3 Å². The normalized spacial score (nSPS) is 13.0. The quantitative estimate of drug-likeness (QED) is 0.741. The molecule has 1 aliphatic carbocycles. The molecule has 2 aromatic carbocycles. The number of rotatable bonds is 3. The van der Waals surface area contributed by atoms with Gasteiger partial charge in [-0.25, -0.2) is 0 Å². The molecule has 4 heteroatoms. The van der Waals surface area contributed by atoms with Gasteiger partial charge >= 0.3 is 0 Å². The highest BCUT2D eigenvalue weighted by molar-refractivity contribution is 5.94. The molecule has 0 fully saturated rings. The summed E-state index contributed by atoms with van der Waals surface area (Å²) in [5, 5.41) is 0. The van der Waals surface area contributed by atoms with Crippen molar-refractivity contribution >= 4 is 11.6 Å². The molecule has 20 heavy (non-hydrogen) atoms. The molecule has 1 aliphatic rings. The summed E-state index contributed by atoms with van der Waals surface area (Å²) < 4.78 is 0. The molecule has 0 bridgehead atoms. The SMILES string of the molecule is NC1=C(NNC(=O)c2ccccc2)Cc2ccccc21. The third-order valence-electron chi connectivity index (χ3n) is 3.36. The van der Waals surface area contributed by atoms with Crippen LogP contribution in [0, 0.1) is 0 Å². The van der Waals surface area contributed by atoms with Gasteiger partial charge in [-0.2, -0.15) is 0 Å². The maximum absolute atomic E-state index is 11.9. The highest BCUT2D eigenvalue weighted by Crippen LogP contribution is 2.27. The molecule has 0 unspecified atom stereocenters. The zero-order valence-electron chi connectivity index (χ0n) is 10.9. The molecule has 0 aromatic heterocycles. The van der Waals surface area contributed by atoms with Gasteiger partial charge in [0.05, 0.1) is 11.4 Å². The van der Waals surface area contributed by atoms with Crippen LogP contribution in [0.25, 0.3) is 5.70 Å². The summed E-state index contributed by atoms with van der Waals surface area (Å²) in [5.74, 6) is -0.179. The Morgan fingerprint density at radius 3 is 2.45 bits per heavy atom. The van der Waals surface area contributed by atoms with Crippen LogP contribution in [0.5, 0.6) is 0 Å². The van der Waals surface area contributed by atoms with E-state index in [0.29, 0.717) is 17.7 Å². The Morgan fingerprint density at radius 1 is 1.00 bits per heavy atom. The van der Waals surface area contributed by atoms with Crippen molar-refractivity contribution in [3.63, 3.8) is 0 Å². The summed E-state index contributed by atoms with van der Waals surface area (Å²) in [7, 11) is 0. The lowest BCUT2D eigenvalue weighted by molar-refractivity contribution is 0.0938. The van der Waals surface area contributed by atoms with Crippen molar-refractivity contribution in [1.29, 1.82) is 0 Å². The van der Waals surface area contributed by atoms with Gasteiger partial charge in [0.2, 0.25) is 0 Å².